The minimum Gasteiger partial charge on any atom is -0.404 e. The van der Waals surface area contributed by atoms with E-state index in [1.165, 1.54) is 24.2 Å². The highest BCUT2D eigenvalue weighted by Crippen LogP contribution is 2.33. The summed E-state index contributed by atoms with van der Waals surface area (Å²) in [6.45, 7) is 15.0. The van der Waals surface area contributed by atoms with Crippen LogP contribution in [0.4, 0.5) is 5.69 Å². The molecule has 154 valence electrons. The van der Waals surface area contributed by atoms with Crippen molar-refractivity contribution in [1.29, 1.82) is 10.8 Å². The molecule has 5 nitrogen and oxygen atoms in total. The Balaban J connectivity index is 2.07. The van der Waals surface area contributed by atoms with Gasteiger partial charge in [-0.05, 0) is 49.5 Å². The van der Waals surface area contributed by atoms with E-state index in [1.54, 1.807) is 0 Å². The van der Waals surface area contributed by atoms with E-state index in [9.17, 15) is 0 Å². The lowest BCUT2D eigenvalue weighted by Gasteiger charge is -2.31. The number of allylic oxidation sites excluding steroid dienone is 3. The van der Waals surface area contributed by atoms with Crippen molar-refractivity contribution in [2.45, 2.75) is 25.8 Å². The summed E-state index contributed by atoms with van der Waals surface area (Å²) < 4.78 is 0. The normalized spacial score (nSPS) is 19.6. The zero-order valence-electron chi connectivity index (χ0n) is 17.5. The number of nitrogens with one attached hydrogen (secondary N) is 3. The number of hydrogen-bond acceptors (Lipinski definition) is 5. The van der Waals surface area contributed by atoms with Crippen LogP contribution in [-0.4, -0.2) is 42.5 Å². The lowest BCUT2D eigenvalue weighted by molar-refractivity contribution is 0.191. The van der Waals surface area contributed by atoms with Crippen LogP contribution in [0.3, 0.4) is 0 Å². The molecule has 1 atom stereocenters. The third-order valence-electron chi connectivity index (χ3n) is 5.55. The fraction of sp³-hybridized carbons (Fsp3) is 0.333. The maximum atomic E-state index is 7.75. The minimum atomic E-state index is 0.120. The second-order valence-electron chi connectivity index (χ2n) is 8.04. The van der Waals surface area contributed by atoms with Crippen molar-refractivity contribution in [3.05, 3.63) is 72.5 Å². The second kappa shape index (κ2) is 10.0. The first-order chi connectivity index (χ1) is 13.9. The van der Waals surface area contributed by atoms with Gasteiger partial charge in [0.2, 0.25) is 0 Å². The number of anilines is 1. The van der Waals surface area contributed by atoms with Crippen LogP contribution in [0.5, 0.6) is 0 Å². The predicted molar refractivity (Wildman–Crippen MR) is 126 cm³/mol. The molecule has 1 heterocycles. The van der Waals surface area contributed by atoms with Gasteiger partial charge in [-0.2, -0.15) is 0 Å². The highest BCUT2D eigenvalue weighted by atomic mass is 15.2. The Bertz CT molecular complexity index is 832. The molecule has 0 radical (unpaired) electrons. The van der Waals surface area contributed by atoms with Gasteiger partial charge in [-0.3, -0.25) is 4.90 Å². The highest BCUT2D eigenvalue weighted by Gasteiger charge is 2.37. The van der Waals surface area contributed by atoms with Gasteiger partial charge in [-0.1, -0.05) is 37.5 Å². The van der Waals surface area contributed by atoms with Crippen molar-refractivity contribution in [2.24, 2.45) is 11.7 Å². The summed E-state index contributed by atoms with van der Waals surface area (Å²) in [5, 5.41) is 18.7. The van der Waals surface area contributed by atoms with Gasteiger partial charge in [-0.15, -0.1) is 0 Å². The van der Waals surface area contributed by atoms with Crippen molar-refractivity contribution in [2.75, 3.05) is 25.0 Å². The van der Waals surface area contributed by atoms with E-state index in [1.807, 2.05) is 36.4 Å². The number of nitrogens with two attached hydrogens (primary N) is 1. The van der Waals surface area contributed by atoms with Crippen LogP contribution >= 0.6 is 0 Å². The molecule has 2 rings (SSSR count). The molecule has 1 unspecified atom stereocenters. The third-order valence-corrected chi connectivity index (χ3v) is 5.55. The van der Waals surface area contributed by atoms with Crippen LogP contribution in [0.2, 0.25) is 0 Å². The van der Waals surface area contributed by atoms with Crippen molar-refractivity contribution in [3.8, 4) is 0 Å². The van der Waals surface area contributed by atoms with Gasteiger partial charge in [0.1, 0.15) is 0 Å². The topological polar surface area (TPSA) is 89.0 Å². The van der Waals surface area contributed by atoms with Crippen molar-refractivity contribution < 1.29 is 0 Å². The molecule has 0 spiro atoms. The monoisotopic (exact) mass is 391 g/mol. The predicted octanol–water partition coefficient (Wildman–Crippen LogP) is 4.44. The average molecular weight is 392 g/mol. The number of rotatable bonds is 10. The highest BCUT2D eigenvalue weighted by molar-refractivity contribution is 6.08. The first-order valence-corrected chi connectivity index (χ1v) is 9.88. The van der Waals surface area contributed by atoms with Crippen LogP contribution in [0.25, 0.3) is 5.57 Å². The Morgan fingerprint density at radius 1 is 1.34 bits per heavy atom. The Morgan fingerprint density at radius 3 is 2.69 bits per heavy atom. The molecule has 0 amide bonds. The molecule has 1 aromatic rings. The molecular weight excluding hydrogens is 358 g/mol. The van der Waals surface area contributed by atoms with E-state index in [-0.39, 0.29) is 5.54 Å². The van der Waals surface area contributed by atoms with Crippen LogP contribution in [0.1, 0.15) is 31.4 Å². The van der Waals surface area contributed by atoms with Crippen molar-refractivity contribution in [3.63, 3.8) is 0 Å². The number of hydrogen-bond donors (Lipinski definition) is 4. The van der Waals surface area contributed by atoms with E-state index in [0.29, 0.717) is 11.5 Å². The van der Waals surface area contributed by atoms with Crippen LogP contribution in [-0.2, 0) is 0 Å². The summed E-state index contributed by atoms with van der Waals surface area (Å²) in [5.41, 5.74) is 10.1. The molecule has 29 heavy (non-hydrogen) atoms. The summed E-state index contributed by atoms with van der Waals surface area (Å²) in [6, 6.07) is 5.78. The number of benzene rings is 1. The largest absolute Gasteiger partial charge is 0.404 e. The fourth-order valence-corrected chi connectivity index (χ4v) is 3.94. The zero-order valence-corrected chi connectivity index (χ0v) is 17.5. The summed E-state index contributed by atoms with van der Waals surface area (Å²) in [5.74, 6) is 0.513. The van der Waals surface area contributed by atoms with Gasteiger partial charge in [-0.25, -0.2) is 0 Å². The van der Waals surface area contributed by atoms with Gasteiger partial charge in [0.15, 0.2) is 0 Å². The molecule has 1 aliphatic rings. The van der Waals surface area contributed by atoms with Gasteiger partial charge in [0, 0.05) is 60.6 Å². The fourth-order valence-electron chi connectivity index (χ4n) is 3.94. The summed E-state index contributed by atoms with van der Waals surface area (Å²) >= 11 is 0. The Morgan fingerprint density at radius 2 is 2.10 bits per heavy atom. The number of likely N-dealkylation sites (tertiary alicyclic amines) is 1. The SMILES string of the molecule is C=C/C=C(\C=C)CN1CC(CNc2ccc(/C(C=N)=C/N)cc2C=N)CC1(C)C. The molecule has 1 aromatic carbocycles. The molecular formula is C24H33N5. The minimum absolute atomic E-state index is 0.120. The first kappa shape index (κ1) is 22.4. The van der Waals surface area contributed by atoms with E-state index in [2.05, 4.69) is 37.2 Å². The van der Waals surface area contributed by atoms with E-state index >= 15 is 0 Å². The standard InChI is InChI=1S/C24H33N5/c1-5-7-18(6-2)16-29-17-19(11-24(29,3)4)15-28-23-9-8-20(10-21(23)12-25)22(13-26)14-27/h5-10,12-14,19,25-26,28H,1-2,11,15-17,27H2,3-4H3/b18-7+,22-14+,25-12?,26-13?. The third kappa shape index (κ3) is 5.55. The molecule has 0 saturated carbocycles. The molecule has 0 bridgehead atoms. The molecule has 5 N–H and O–H groups in total. The second-order valence-corrected chi connectivity index (χ2v) is 8.04. The van der Waals surface area contributed by atoms with Crippen molar-refractivity contribution in [1.82, 2.24) is 4.90 Å². The lowest BCUT2D eigenvalue weighted by atomic mass is 9.96. The summed E-state index contributed by atoms with van der Waals surface area (Å²) in [6.07, 6.45) is 10.8. The zero-order chi connectivity index (χ0) is 21.4. The molecule has 0 aromatic heterocycles. The summed E-state index contributed by atoms with van der Waals surface area (Å²) in [4.78, 5) is 2.50. The van der Waals surface area contributed by atoms with Crippen LogP contribution in [0.15, 0.2) is 61.4 Å². The Labute approximate surface area is 174 Å². The molecule has 1 fully saturated rings. The summed E-state index contributed by atoms with van der Waals surface area (Å²) in [7, 11) is 0. The maximum absolute atomic E-state index is 7.75. The van der Waals surface area contributed by atoms with E-state index < -0.39 is 0 Å². The quantitative estimate of drug-likeness (QED) is 0.351. The van der Waals surface area contributed by atoms with Gasteiger partial charge in [0.05, 0.1) is 0 Å². The van der Waals surface area contributed by atoms with Gasteiger partial charge >= 0.3 is 0 Å². The smallest absolute Gasteiger partial charge is 0.0429 e. The molecule has 1 aliphatic heterocycles. The first-order valence-electron chi connectivity index (χ1n) is 9.88. The lowest BCUT2D eigenvalue weighted by Crippen LogP contribution is -2.39. The maximum Gasteiger partial charge on any atom is 0.0429 e. The van der Waals surface area contributed by atoms with Gasteiger partial charge < -0.3 is 21.9 Å². The van der Waals surface area contributed by atoms with E-state index in [0.717, 1.165) is 42.9 Å². The number of nitrogens with zero attached hydrogens (tertiary/aromatic N) is 1. The van der Waals surface area contributed by atoms with Crippen LogP contribution < -0.4 is 11.1 Å². The van der Waals surface area contributed by atoms with Crippen molar-refractivity contribution >= 4 is 23.7 Å². The molecule has 5 heteroatoms. The van der Waals surface area contributed by atoms with E-state index in [4.69, 9.17) is 16.6 Å². The average Bonchev–Trinajstić information content (AvgIpc) is 3.00. The molecule has 0 aliphatic carbocycles. The van der Waals surface area contributed by atoms with Crippen LogP contribution in [0, 0.1) is 16.7 Å². The molecule has 1 saturated heterocycles. The van der Waals surface area contributed by atoms with Gasteiger partial charge in [0.25, 0.3) is 0 Å². The Kier molecular flexibility index (Phi) is 7.74. The Hall–Kier alpha value is -2.92.